The Morgan fingerprint density at radius 1 is 1.26 bits per heavy atom. The monoisotopic (exact) mass is 261 g/mol. The van der Waals surface area contributed by atoms with Gasteiger partial charge in [0.1, 0.15) is 0 Å². The van der Waals surface area contributed by atoms with Crippen LogP contribution in [0.5, 0.6) is 0 Å². The first-order valence-electron chi connectivity index (χ1n) is 6.54. The zero-order chi connectivity index (χ0) is 13.7. The molecule has 0 saturated carbocycles. The zero-order valence-corrected chi connectivity index (χ0v) is 10.8. The van der Waals surface area contributed by atoms with Gasteiger partial charge >= 0.3 is 0 Å². The minimum Gasteiger partial charge on any atom is -0.366 e. The molecule has 1 fully saturated rings. The average molecular weight is 261 g/mol. The fourth-order valence-electron chi connectivity index (χ4n) is 2.33. The Kier molecular flexibility index (Phi) is 4.52. The first kappa shape index (κ1) is 13.5. The van der Waals surface area contributed by atoms with E-state index in [0.717, 1.165) is 25.9 Å². The molecule has 1 aromatic rings. The zero-order valence-electron chi connectivity index (χ0n) is 10.8. The maximum Gasteiger partial charge on any atom is 0.248 e. The van der Waals surface area contributed by atoms with Gasteiger partial charge in [0.15, 0.2) is 0 Å². The highest BCUT2D eigenvalue weighted by Crippen LogP contribution is 2.09. The standard InChI is InChI=1S/C14H19N3O2/c15-14(19)12-4-2-1-3-10(12)9-13(18)17-11-5-7-16-8-6-11/h1-4,11,16H,5-9H2,(H2,15,19)(H,17,18). The quantitative estimate of drug-likeness (QED) is 0.723. The molecule has 5 heteroatoms. The normalized spacial score (nSPS) is 16.0. The van der Waals surface area contributed by atoms with Gasteiger partial charge < -0.3 is 16.4 Å². The number of piperidine rings is 1. The predicted molar refractivity (Wildman–Crippen MR) is 72.7 cm³/mol. The number of primary amides is 1. The van der Waals surface area contributed by atoms with E-state index in [1.54, 1.807) is 24.3 Å². The van der Waals surface area contributed by atoms with Crippen molar-refractivity contribution in [3.63, 3.8) is 0 Å². The van der Waals surface area contributed by atoms with Gasteiger partial charge in [-0.15, -0.1) is 0 Å². The average Bonchev–Trinajstić information content (AvgIpc) is 2.40. The second-order valence-corrected chi connectivity index (χ2v) is 4.79. The number of carbonyl (C=O) groups excluding carboxylic acids is 2. The third-order valence-corrected chi connectivity index (χ3v) is 3.34. The number of amides is 2. The van der Waals surface area contributed by atoms with Gasteiger partial charge in [0.2, 0.25) is 11.8 Å². The van der Waals surface area contributed by atoms with Crippen molar-refractivity contribution in [2.75, 3.05) is 13.1 Å². The van der Waals surface area contributed by atoms with Gasteiger partial charge in [-0.1, -0.05) is 18.2 Å². The van der Waals surface area contributed by atoms with Crippen LogP contribution in [-0.2, 0) is 11.2 Å². The molecule has 1 aliphatic heterocycles. The first-order chi connectivity index (χ1) is 9.16. The van der Waals surface area contributed by atoms with Gasteiger partial charge in [-0.3, -0.25) is 9.59 Å². The molecule has 0 aromatic heterocycles. The van der Waals surface area contributed by atoms with Crippen molar-refractivity contribution in [1.82, 2.24) is 10.6 Å². The van der Waals surface area contributed by atoms with Crippen LogP contribution in [0, 0.1) is 0 Å². The summed E-state index contributed by atoms with van der Waals surface area (Å²) >= 11 is 0. The molecule has 1 saturated heterocycles. The van der Waals surface area contributed by atoms with Crippen molar-refractivity contribution in [2.24, 2.45) is 5.73 Å². The van der Waals surface area contributed by atoms with Crippen molar-refractivity contribution in [1.29, 1.82) is 0 Å². The summed E-state index contributed by atoms with van der Waals surface area (Å²) in [5.41, 5.74) is 6.40. The Hall–Kier alpha value is -1.88. The SMILES string of the molecule is NC(=O)c1ccccc1CC(=O)NC1CCNCC1. The molecule has 102 valence electrons. The molecule has 0 spiro atoms. The molecule has 1 aliphatic rings. The molecular weight excluding hydrogens is 242 g/mol. The van der Waals surface area contributed by atoms with E-state index in [0.29, 0.717) is 11.1 Å². The van der Waals surface area contributed by atoms with Crippen LogP contribution in [0.4, 0.5) is 0 Å². The maximum absolute atomic E-state index is 12.0. The molecule has 1 aromatic carbocycles. The smallest absolute Gasteiger partial charge is 0.248 e. The topological polar surface area (TPSA) is 84.2 Å². The fraction of sp³-hybridized carbons (Fsp3) is 0.429. The van der Waals surface area contributed by atoms with Gasteiger partial charge in [-0.2, -0.15) is 0 Å². The van der Waals surface area contributed by atoms with Crippen LogP contribution in [0.1, 0.15) is 28.8 Å². The van der Waals surface area contributed by atoms with Crippen LogP contribution >= 0.6 is 0 Å². The lowest BCUT2D eigenvalue weighted by molar-refractivity contribution is -0.121. The number of nitrogens with one attached hydrogen (secondary N) is 2. The van der Waals surface area contributed by atoms with E-state index in [1.807, 2.05) is 0 Å². The highest BCUT2D eigenvalue weighted by Gasteiger charge is 2.17. The molecule has 0 aliphatic carbocycles. The van der Waals surface area contributed by atoms with Crippen LogP contribution < -0.4 is 16.4 Å². The van der Waals surface area contributed by atoms with Crippen LogP contribution in [0.2, 0.25) is 0 Å². The Morgan fingerprint density at radius 3 is 2.63 bits per heavy atom. The van der Waals surface area contributed by atoms with Crippen molar-refractivity contribution >= 4 is 11.8 Å². The van der Waals surface area contributed by atoms with Gasteiger partial charge in [0.25, 0.3) is 0 Å². The number of rotatable bonds is 4. The molecular formula is C14H19N3O2. The van der Waals surface area contributed by atoms with E-state index < -0.39 is 5.91 Å². The maximum atomic E-state index is 12.0. The Labute approximate surface area is 112 Å². The number of carbonyl (C=O) groups is 2. The van der Waals surface area contributed by atoms with Crippen LogP contribution in [0.3, 0.4) is 0 Å². The van der Waals surface area contributed by atoms with Crippen molar-refractivity contribution < 1.29 is 9.59 Å². The van der Waals surface area contributed by atoms with E-state index in [2.05, 4.69) is 10.6 Å². The lowest BCUT2D eigenvalue weighted by atomic mass is 10.0. The Morgan fingerprint density at radius 2 is 1.95 bits per heavy atom. The summed E-state index contributed by atoms with van der Waals surface area (Å²) in [6, 6.07) is 7.19. The van der Waals surface area contributed by atoms with E-state index in [-0.39, 0.29) is 18.4 Å². The third-order valence-electron chi connectivity index (χ3n) is 3.34. The summed E-state index contributed by atoms with van der Waals surface area (Å²) in [5, 5.41) is 6.25. The van der Waals surface area contributed by atoms with Crippen molar-refractivity contribution in [2.45, 2.75) is 25.3 Å². The number of benzene rings is 1. The molecule has 4 N–H and O–H groups in total. The molecule has 0 radical (unpaired) electrons. The largest absolute Gasteiger partial charge is 0.366 e. The predicted octanol–water partition coefficient (Wildman–Crippen LogP) is 0.196. The van der Waals surface area contributed by atoms with E-state index >= 15 is 0 Å². The summed E-state index contributed by atoms with van der Waals surface area (Å²) in [6.45, 7) is 1.87. The third kappa shape index (κ3) is 3.79. The van der Waals surface area contributed by atoms with Gasteiger partial charge in [-0.25, -0.2) is 0 Å². The highest BCUT2D eigenvalue weighted by molar-refractivity contribution is 5.95. The molecule has 0 bridgehead atoms. The lowest BCUT2D eigenvalue weighted by Crippen LogP contribution is -2.43. The fourth-order valence-corrected chi connectivity index (χ4v) is 2.33. The number of nitrogens with two attached hydrogens (primary N) is 1. The van der Waals surface area contributed by atoms with E-state index in [1.165, 1.54) is 0 Å². The summed E-state index contributed by atoms with van der Waals surface area (Å²) in [4.78, 5) is 23.2. The second-order valence-electron chi connectivity index (χ2n) is 4.79. The van der Waals surface area contributed by atoms with Crippen molar-refractivity contribution in [3.05, 3.63) is 35.4 Å². The minimum absolute atomic E-state index is 0.0550. The minimum atomic E-state index is -0.495. The Balaban J connectivity index is 1.96. The molecule has 19 heavy (non-hydrogen) atoms. The first-order valence-corrected chi connectivity index (χ1v) is 6.54. The highest BCUT2D eigenvalue weighted by atomic mass is 16.2. The number of hydrogen-bond acceptors (Lipinski definition) is 3. The second kappa shape index (κ2) is 6.33. The molecule has 5 nitrogen and oxygen atoms in total. The Bertz CT molecular complexity index is 468. The lowest BCUT2D eigenvalue weighted by Gasteiger charge is -2.23. The van der Waals surface area contributed by atoms with Crippen molar-refractivity contribution in [3.8, 4) is 0 Å². The van der Waals surface area contributed by atoms with Gasteiger partial charge in [-0.05, 0) is 37.6 Å². The van der Waals surface area contributed by atoms with Crippen LogP contribution in [0.15, 0.2) is 24.3 Å². The molecule has 2 rings (SSSR count). The van der Waals surface area contributed by atoms with Gasteiger partial charge in [0, 0.05) is 11.6 Å². The summed E-state index contributed by atoms with van der Waals surface area (Å²) < 4.78 is 0. The van der Waals surface area contributed by atoms with Crippen LogP contribution in [-0.4, -0.2) is 30.9 Å². The summed E-state index contributed by atoms with van der Waals surface area (Å²) in [7, 11) is 0. The molecule has 2 amide bonds. The van der Waals surface area contributed by atoms with Crippen LogP contribution in [0.25, 0.3) is 0 Å². The molecule has 1 heterocycles. The molecule has 0 atom stereocenters. The van der Waals surface area contributed by atoms with E-state index in [9.17, 15) is 9.59 Å². The number of hydrogen-bond donors (Lipinski definition) is 3. The van der Waals surface area contributed by atoms with Gasteiger partial charge in [0.05, 0.1) is 6.42 Å². The summed E-state index contributed by atoms with van der Waals surface area (Å²) in [5.74, 6) is -0.550. The summed E-state index contributed by atoms with van der Waals surface area (Å²) in [6.07, 6.45) is 2.09. The van der Waals surface area contributed by atoms with E-state index in [4.69, 9.17) is 5.73 Å². The molecule has 0 unspecified atom stereocenters.